The van der Waals surface area contributed by atoms with E-state index < -0.39 is 11.3 Å². The molecule has 2 aromatic heterocycles. The van der Waals surface area contributed by atoms with Gasteiger partial charge in [0.2, 0.25) is 17.8 Å². The second-order valence-corrected chi connectivity index (χ2v) is 5.08. The summed E-state index contributed by atoms with van der Waals surface area (Å²) >= 11 is 0. The van der Waals surface area contributed by atoms with Crippen molar-refractivity contribution in [2.75, 3.05) is 24.2 Å². The lowest BCUT2D eigenvalue weighted by Gasteiger charge is -2.20. The molecule has 0 aliphatic rings. The zero-order valence-electron chi connectivity index (χ0n) is 12.2. The average molecular weight is 290 g/mol. The highest BCUT2D eigenvalue weighted by Gasteiger charge is 2.25. The Labute approximate surface area is 122 Å². The molecule has 9 heteroatoms. The van der Waals surface area contributed by atoms with E-state index in [0.29, 0.717) is 24.4 Å². The van der Waals surface area contributed by atoms with E-state index in [-0.39, 0.29) is 0 Å². The Morgan fingerprint density at radius 2 is 2.05 bits per heavy atom. The van der Waals surface area contributed by atoms with Crippen LogP contribution in [0.15, 0.2) is 18.5 Å². The Morgan fingerprint density at radius 1 is 1.33 bits per heavy atom. The maximum absolute atomic E-state index is 11.3. The van der Waals surface area contributed by atoms with E-state index in [9.17, 15) is 4.79 Å². The fourth-order valence-electron chi connectivity index (χ4n) is 1.43. The number of hydrogen-bond donors (Lipinski definition) is 3. The van der Waals surface area contributed by atoms with Crippen molar-refractivity contribution in [2.24, 2.45) is 11.1 Å². The van der Waals surface area contributed by atoms with Crippen molar-refractivity contribution >= 4 is 17.8 Å². The molecule has 0 aliphatic heterocycles. The molecule has 0 atom stereocenters. The Hall–Kier alpha value is -2.71. The van der Waals surface area contributed by atoms with Crippen LogP contribution in [0.3, 0.4) is 0 Å². The van der Waals surface area contributed by atoms with E-state index in [1.54, 1.807) is 39.4 Å². The first-order valence-corrected chi connectivity index (χ1v) is 6.40. The Balaban J connectivity index is 2.24. The number of rotatable bonds is 6. The van der Waals surface area contributed by atoms with Crippen LogP contribution in [0.2, 0.25) is 0 Å². The average Bonchev–Trinajstić information content (AvgIpc) is 2.99. The second kappa shape index (κ2) is 5.73. The summed E-state index contributed by atoms with van der Waals surface area (Å²) in [5, 5.41) is 9.93. The van der Waals surface area contributed by atoms with Crippen molar-refractivity contribution in [1.29, 1.82) is 0 Å². The molecule has 0 radical (unpaired) electrons. The molecule has 2 aromatic rings. The molecule has 9 nitrogen and oxygen atoms in total. The molecule has 0 aliphatic carbocycles. The number of amides is 1. The van der Waals surface area contributed by atoms with Crippen LogP contribution in [0.25, 0.3) is 5.95 Å². The third kappa shape index (κ3) is 3.44. The fraction of sp³-hybridized carbons (Fsp3) is 0.417. The molecule has 0 saturated heterocycles. The Kier molecular flexibility index (Phi) is 4.01. The largest absolute Gasteiger partial charge is 0.369 e. The van der Waals surface area contributed by atoms with Gasteiger partial charge in [-0.25, -0.2) is 4.68 Å². The molecule has 4 N–H and O–H groups in total. The number of carbonyl (C=O) groups is 1. The van der Waals surface area contributed by atoms with Crippen LogP contribution >= 0.6 is 0 Å². The van der Waals surface area contributed by atoms with Crippen molar-refractivity contribution in [3.63, 3.8) is 0 Å². The van der Waals surface area contributed by atoms with Crippen molar-refractivity contribution in [3.8, 4) is 5.95 Å². The normalized spacial score (nSPS) is 11.2. The Bertz CT molecular complexity index is 622. The molecule has 0 fully saturated rings. The van der Waals surface area contributed by atoms with Crippen LogP contribution in [-0.4, -0.2) is 44.2 Å². The van der Waals surface area contributed by atoms with Crippen molar-refractivity contribution in [3.05, 3.63) is 18.5 Å². The lowest BCUT2D eigenvalue weighted by molar-refractivity contribution is -0.125. The predicted octanol–water partition coefficient (Wildman–Crippen LogP) is 0.0224. The van der Waals surface area contributed by atoms with Gasteiger partial charge in [-0.1, -0.05) is 0 Å². The van der Waals surface area contributed by atoms with E-state index in [0.717, 1.165) is 0 Å². The number of carbonyl (C=O) groups excluding carboxylic acids is 1. The van der Waals surface area contributed by atoms with Crippen LogP contribution in [0.5, 0.6) is 0 Å². The molecular formula is C12H18N8O. The summed E-state index contributed by atoms with van der Waals surface area (Å²) in [6.45, 7) is 3.81. The van der Waals surface area contributed by atoms with Crippen LogP contribution in [0.4, 0.5) is 11.9 Å². The molecule has 2 rings (SSSR count). The van der Waals surface area contributed by atoms with E-state index in [1.165, 1.54) is 4.68 Å². The molecule has 1 amide bonds. The quantitative estimate of drug-likeness (QED) is 0.685. The minimum absolute atomic E-state index is 0.314. The number of aromatic nitrogens is 5. The maximum atomic E-state index is 11.3. The molecule has 2 heterocycles. The van der Waals surface area contributed by atoms with E-state index in [4.69, 9.17) is 5.73 Å². The van der Waals surface area contributed by atoms with E-state index >= 15 is 0 Å². The first kappa shape index (κ1) is 14.7. The highest BCUT2D eigenvalue weighted by molar-refractivity contribution is 5.80. The summed E-state index contributed by atoms with van der Waals surface area (Å²) in [6.07, 6.45) is 3.36. The molecule has 0 spiro atoms. The van der Waals surface area contributed by atoms with Gasteiger partial charge in [0.25, 0.3) is 5.95 Å². The first-order chi connectivity index (χ1) is 9.92. The van der Waals surface area contributed by atoms with Crippen LogP contribution in [-0.2, 0) is 4.79 Å². The summed E-state index contributed by atoms with van der Waals surface area (Å²) in [6, 6.07) is 1.77. The monoisotopic (exact) mass is 290 g/mol. The number of nitrogens with one attached hydrogen (secondary N) is 2. The highest BCUT2D eigenvalue weighted by atomic mass is 16.1. The second-order valence-electron chi connectivity index (χ2n) is 5.08. The third-order valence-corrected chi connectivity index (χ3v) is 2.91. The van der Waals surface area contributed by atoms with Gasteiger partial charge >= 0.3 is 0 Å². The standard InChI is InChI=1S/C12H18N8O/c1-12(2,8(13)21)7-15-10-17-9(14-3)18-11(19-10)20-6-4-5-16-20/h4-6H,7H2,1-3H3,(H2,13,21)(H2,14,15,17,18,19). The number of hydrogen-bond acceptors (Lipinski definition) is 7. The van der Waals surface area contributed by atoms with Gasteiger partial charge in [0.1, 0.15) is 0 Å². The van der Waals surface area contributed by atoms with Gasteiger partial charge in [0.05, 0.1) is 5.41 Å². The number of primary amides is 1. The lowest BCUT2D eigenvalue weighted by atomic mass is 9.93. The van der Waals surface area contributed by atoms with E-state index in [1.807, 2.05) is 0 Å². The third-order valence-electron chi connectivity index (χ3n) is 2.91. The number of nitrogens with zero attached hydrogens (tertiary/aromatic N) is 5. The summed E-state index contributed by atoms with van der Waals surface area (Å²) < 4.78 is 1.52. The smallest absolute Gasteiger partial charge is 0.257 e. The van der Waals surface area contributed by atoms with Gasteiger partial charge in [-0.15, -0.1) is 0 Å². The topological polar surface area (TPSA) is 124 Å². The molecule has 112 valence electrons. The molecule has 0 aromatic carbocycles. The Morgan fingerprint density at radius 3 is 2.62 bits per heavy atom. The van der Waals surface area contributed by atoms with Crippen molar-refractivity contribution < 1.29 is 4.79 Å². The molecule has 0 unspecified atom stereocenters. The SMILES string of the molecule is CNc1nc(NCC(C)(C)C(N)=O)nc(-n2cccn2)n1. The lowest BCUT2D eigenvalue weighted by Crippen LogP contribution is -2.37. The zero-order valence-corrected chi connectivity index (χ0v) is 12.2. The molecule has 21 heavy (non-hydrogen) atoms. The van der Waals surface area contributed by atoms with E-state index in [2.05, 4.69) is 30.7 Å². The van der Waals surface area contributed by atoms with Gasteiger partial charge in [-0.05, 0) is 19.9 Å². The van der Waals surface area contributed by atoms with Crippen LogP contribution in [0.1, 0.15) is 13.8 Å². The van der Waals surface area contributed by atoms with Crippen molar-refractivity contribution in [2.45, 2.75) is 13.8 Å². The van der Waals surface area contributed by atoms with Crippen molar-refractivity contribution in [1.82, 2.24) is 24.7 Å². The van der Waals surface area contributed by atoms with Gasteiger partial charge in [0, 0.05) is 26.0 Å². The number of nitrogens with two attached hydrogens (primary N) is 1. The summed E-state index contributed by atoms with van der Waals surface area (Å²) in [7, 11) is 1.71. The first-order valence-electron chi connectivity index (χ1n) is 6.40. The highest BCUT2D eigenvalue weighted by Crippen LogP contribution is 2.15. The summed E-state index contributed by atoms with van der Waals surface area (Å²) in [4.78, 5) is 24.0. The van der Waals surface area contributed by atoms with Gasteiger partial charge in [-0.3, -0.25) is 4.79 Å². The molecule has 0 saturated carbocycles. The van der Waals surface area contributed by atoms with Gasteiger partial charge < -0.3 is 16.4 Å². The summed E-state index contributed by atoms with van der Waals surface area (Å²) in [5.41, 5.74) is 4.63. The van der Waals surface area contributed by atoms with Gasteiger partial charge in [-0.2, -0.15) is 20.1 Å². The summed E-state index contributed by atoms with van der Waals surface area (Å²) in [5.74, 6) is 0.716. The van der Waals surface area contributed by atoms with Crippen LogP contribution < -0.4 is 16.4 Å². The number of anilines is 2. The maximum Gasteiger partial charge on any atom is 0.257 e. The fourth-order valence-corrected chi connectivity index (χ4v) is 1.43. The molecular weight excluding hydrogens is 272 g/mol. The predicted molar refractivity (Wildman–Crippen MR) is 78.0 cm³/mol. The van der Waals surface area contributed by atoms with Crippen LogP contribution in [0, 0.1) is 5.41 Å². The minimum atomic E-state index is -0.710. The minimum Gasteiger partial charge on any atom is -0.369 e. The molecule has 0 bridgehead atoms. The van der Waals surface area contributed by atoms with Gasteiger partial charge in [0.15, 0.2) is 0 Å². The zero-order chi connectivity index (χ0) is 15.5.